The van der Waals surface area contributed by atoms with Gasteiger partial charge in [0.25, 0.3) is 0 Å². The van der Waals surface area contributed by atoms with E-state index in [0.717, 1.165) is 25.8 Å². The Labute approximate surface area is 92.3 Å². The molecule has 0 aromatic heterocycles. The average Bonchev–Trinajstić information content (AvgIpc) is 2.30. The maximum absolute atomic E-state index is 9.98. The average molecular weight is 206 g/mol. The van der Waals surface area contributed by atoms with E-state index >= 15 is 0 Å². The van der Waals surface area contributed by atoms with Crippen LogP contribution in [0, 0.1) is 0 Å². The number of nitrogens with two attached hydrogens (primary N) is 1. The number of anilines is 1. The van der Waals surface area contributed by atoms with Gasteiger partial charge in [0, 0.05) is 0 Å². The van der Waals surface area contributed by atoms with E-state index in [-0.39, 0.29) is 0 Å². The molecule has 0 saturated carbocycles. The zero-order chi connectivity index (χ0) is 11.5. The molecule has 4 heteroatoms. The van der Waals surface area contributed by atoms with E-state index < -0.39 is 0 Å². The molecule has 0 spiro atoms. The molecule has 0 saturated heterocycles. The van der Waals surface area contributed by atoms with E-state index in [2.05, 4.69) is 5.32 Å². The predicted octanol–water partition coefficient (Wildman–Crippen LogP) is 1.43. The van der Waals surface area contributed by atoms with Gasteiger partial charge in [0.15, 0.2) is 0 Å². The van der Waals surface area contributed by atoms with Crippen molar-refractivity contribution in [2.45, 2.75) is 20.3 Å². The van der Waals surface area contributed by atoms with Crippen molar-refractivity contribution < 1.29 is 4.70 Å². The number of nitrogens with one attached hydrogen (secondary N) is 1. The fourth-order valence-electron chi connectivity index (χ4n) is 1.08. The molecule has 1 aromatic rings. The van der Waals surface area contributed by atoms with Gasteiger partial charge >= 0.3 is 77.8 Å². The molecule has 0 heterocycles. The monoisotopic (exact) mass is 206 g/mol. The Morgan fingerprint density at radius 3 is 2.40 bits per heavy atom. The van der Waals surface area contributed by atoms with E-state index in [1.54, 1.807) is 0 Å². The quantitative estimate of drug-likeness (QED) is 0.435. The van der Waals surface area contributed by atoms with Crippen LogP contribution in [0.1, 0.15) is 19.4 Å². The van der Waals surface area contributed by atoms with Gasteiger partial charge in [-0.3, -0.25) is 0 Å². The van der Waals surface area contributed by atoms with Crippen molar-refractivity contribution in [1.29, 1.82) is 0 Å². The van der Waals surface area contributed by atoms with Gasteiger partial charge in [-0.2, -0.15) is 0 Å². The SMILES string of the molecule is CC.Nc1ccc(CCNCB=O)cc1. The predicted molar refractivity (Wildman–Crippen MR) is 65.2 cm³/mol. The molecule has 1 rings (SSSR count). The van der Waals surface area contributed by atoms with Crippen molar-refractivity contribution in [3.63, 3.8) is 0 Å². The molecule has 0 unspecified atom stereocenters. The summed E-state index contributed by atoms with van der Waals surface area (Å²) in [5.74, 6) is 0. The first-order valence-electron chi connectivity index (χ1n) is 5.31. The standard InChI is InChI=1S/C9H13BN2O.C2H6/c11-9-3-1-8(2-4-9)5-6-12-7-10-13;1-2/h1-4,12H,5-7,11H2;1-2H3. The van der Waals surface area contributed by atoms with Gasteiger partial charge in [0.05, 0.1) is 0 Å². The Morgan fingerprint density at radius 1 is 1.27 bits per heavy atom. The molecule has 3 nitrogen and oxygen atoms in total. The van der Waals surface area contributed by atoms with Gasteiger partial charge in [-0.15, -0.1) is 0 Å². The topological polar surface area (TPSA) is 55.1 Å². The molecular weight excluding hydrogens is 187 g/mol. The summed E-state index contributed by atoms with van der Waals surface area (Å²) in [5.41, 5.74) is 7.55. The molecule has 1 aromatic carbocycles. The van der Waals surface area contributed by atoms with Gasteiger partial charge in [-0.05, 0) is 0 Å². The van der Waals surface area contributed by atoms with Crippen LogP contribution >= 0.6 is 0 Å². The van der Waals surface area contributed by atoms with Crippen LogP contribution in [-0.2, 0) is 11.1 Å². The van der Waals surface area contributed by atoms with Crippen molar-refractivity contribution >= 4 is 12.8 Å². The van der Waals surface area contributed by atoms with Crippen LogP contribution < -0.4 is 11.1 Å². The summed E-state index contributed by atoms with van der Waals surface area (Å²) in [6.45, 7) is 4.82. The molecule has 0 fully saturated rings. The van der Waals surface area contributed by atoms with Gasteiger partial charge in [-0.1, -0.05) is 13.8 Å². The Hall–Kier alpha value is -1.16. The van der Waals surface area contributed by atoms with Crippen LogP contribution in [0.15, 0.2) is 24.3 Å². The number of hydrogen-bond acceptors (Lipinski definition) is 3. The molecule has 0 amide bonds. The second-order valence-corrected chi connectivity index (χ2v) is 2.86. The second-order valence-electron chi connectivity index (χ2n) is 2.86. The van der Waals surface area contributed by atoms with Crippen molar-refractivity contribution in [2.75, 3.05) is 18.7 Å². The summed E-state index contributed by atoms with van der Waals surface area (Å²) >= 11 is 0. The van der Waals surface area contributed by atoms with Crippen molar-refractivity contribution in [2.24, 2.45) is 0 Å². The van der Waals surface area contributed by atoms with E-state index in [0.29, 0.717) is 6.44 Å². The van der Waals surface area contributed by atoms with E-state index in [9.17, 15) is 4.70 Å². The number of benzene rings is 1. The van der Waals surface area contributed by atoms with E-state index in [4.69, 9.17) is 5.73 Å². The van der Waals surface area contributed by atoms with Gasteiger partial charge in [0.1, 0.15) is 0 Å². The van der Waals surface area contributed by atoms with Crippen molar-refractivity contribution in [3.05, 3.63) is 29.8 Å². The fourth-order valence-corrected chi connectivity index (χ4v) is 1.08. The van der Waals surface area contributed by atoms with Crippen LogP contribution in [0.4, 0.5) is 5.69 Å². The molecule has 0 atom stereocenters. The molecule has 0 bridgehead atoms. The van der Waals surface area contributed by atoms with E-state index in [1.165, 1.54) is 5.56 Å². The Balaban J connectivity index is 0.000000921. The van der Waals surface area contributed by atoms with Crippen molar-refractivity contribution in [1.82, 2.24) is 5.32 Å². The number of rotatable bonds is 5. The summed E-state index contributed by atoms with van der Waals surface area (Å²) < 4.78 is 9.98. The van der Waals surface area contributed by atoms with Gasteiger partial charge < -0.3 is 0 Å². The molecule has 3 N–H and O–H groups in total. The van der Waals surface area contributed by atoms with Crippen molar-refractivity contribution in [3.8, 4) is 0 Å². The Morgan fingerprint density at radius 2 is 1.87 bits per heavy atom. The zero-order valence-electron chi connectivity index (χ0n) is 9.49. The first-order valence-corrected chi connectivity index (χ1v) is 5.31. The maximum atomic E-state index is 9.98. The fraction of sp³-hybridized carbons (Fsp3) is 0.455. The minimum atomic E-state index is 0.426. The Kier molecular flexibility index (Phi) is 8.68. The van der Waals surface area contributed by atoms with Gasteiger partial charge in [0.2, 0.25) is 0 Å². The van der Waals surface area contributed by atoms with Crippen LogP contribution in [0.3, 0.4) is 0 Å². The minimum absolute atomic E-state index is 0.426. The molecular formula is C11H19BN2O. The summed E-state index contributed by atoms with van der Waals surface area (Å²) in [4.78, 5) is 0. The molecule has 0 aliphatic heterocycles. The van der Waals surface area contributed by atoms with Crippen LogP contribution in [0.5, 0.6) is 0 Å². The van der Waals surface area contributed by atoms with Crippen LogP contribution in [-0.4, -0.2) is 20.1 Å². The third kappa shape index (κ3) is 6.86. The third-order valence-electron chi connectivity index (χ3n) is 1.80. The normalized spacial score (nSPS) is 8.67. The summed E-state index contributed by atoms with van der Waals surface area (Å²) in [6.07, 6.45) is 1.35. The second kappa shape index (κ2) is 9.40. The third-order valence-corrected chi connectivity index (χ3v) is 1.80. The van der Waals surface area contributed by atoms with Crippen LogP contribution in [0.25, 0.3) is 0 Å². The summed E-state index contributed by atoms with van der Waals surface area (Å²) in [7, 11) is 0.864. The first kappa shape index (κ1) is 13.8. The molecule has 82 valence electrons. The van der Waals surface area contributed by atoms with Crippen LogP contribution in [0.2, 0.25) is 0 Å². The molecule has 15 heavy (non-hydrogen) atoms. The van der Waals surface area contributed by atoms with Gasteiger partial charge in [-0.25, -0.2) is 0 Å². The first-order chi connectivity index (χ1) is 7.33. The summed E-state index contributed by atoms with van der Waals surface area (Å²) in [6, 6.07) is 7.76. The zero-order valence-corrected chi connectivity index (χ0v) is 9.49. The van der Waals surface area contributed by atoms with E-state index in [1.807, 2.05) is 38.1 Å². The molecule has 0 radical (unpaired) electrons. The number of hydrogen-bond donors (Lipinski definition) is 2. The molecule has 0 aliphatic carbocycles. The number of nitrogen functional groups attached to an aromatic ring is 1. The Bertz CT molecular complexity index is 262. The molecule has 0 aliphatic rings. The summed E-state index contributed by atoms with van der Waals surface area (Å²) in [5, 5.41) is 3.00.